The predicted molar refractivity (Wildman–Crippen MR) is 118 cm³/mol. The van der Waals surface area contributed by atoms with E-state index in [1.54, 1.807) is 0 Å². The molecule has 0 aromatic rings. The molecule has 3 heteroatoms. The van der Waals surface area contributed by atoms with E-state index in [-0.39, 0.29) is 0 Å². The smallest absolute Gasteiger partial charge is 0.225 e. The van der Waals surface area contributed by atoms with Gasteiger partial charge in [-0.25, -0.2) is 0 Å². The van der Waals surface area contributed by atoms with Crippen LogP contribution in [-0.2, 0) is 4.79 Å². The maximum atomic E-state index is 13.0. The van der Waals surface area contributed by atoms with Gasteiger partial charge in [0.15, 0.2) is 0 Å². The Hall–Kier alpha value is -0.570. The molecule has 2 heterocycles. The van der Waals surface area contributed by atoms with Crippen LogP contribution in [0.5, 0.6) is 0 Å². The van der Waals surface area contributed by atoms with Crippen molar-refractivity contribution in [3.63, 3.8) is 0 Å². The molecule has 2 aliphatic heterocycles. The average molecular weight is 391 g/mol. The first kappa shape index (κ1) is 22.1. The summed E-state index contributed by atoms with van der Waals surface area (Å²) in [5.74, 6) is 5.06. The molecule has 0 N–H and O–H groups in total. The number of rotatable bonds is 6. The molecular weight excluding hydrogens is 344 g/mol. The summed E-state index contributed by atoms with van der Waals surface area (Å²) in [6.45, 7) is 15.3. The largest absolute Gasteiger partial charge is 0.342 e. The van der Waals surface area contributed by atoms with Crippen molar-refractivity contribution in [3.8, 4) is 0 Å². The van der Waals surface area contributed by atoms with Crippen molar-refractivity contribution in [2.75, 3.05) is 32.7 Å². The molecule has 1 saturated carbocycles. The van der Waals surface area contributed by atoms with Gasteiger partial charge in [-0.05, 0) is 100 Å². The molecule has 0 aromatic carbocycles. The number of amides is 1. The Labute approximate surface area is 174 Å². The van der Waals surface area contributed by atoms with E-state index in [1.165, 1.54) is 64.6 Å². The summed E-state index contributed by atoms with van der Waals surface area (Å²) in [5.41, 5.74) is 0. The van der Waals surface area contributed by atoms with Crippen LogP contribution in [0.15, 0.2) is 0 Å². The van der Waals surface area contributed by atoms with Gasteiger partial charge in [-0.3, -0.25) is 4.79 Å². The van der Waals surface area contributed by atoms with Crippen LogP contribution in [0.25, 0.3) is 0 Å². The van der Waals surface area contributed by atoms with Crippen molar-refractivity contribution in [1.29, 1.82) is 0 Å². The number of piperidine rings is 2. The lowest BCUT2D eigenvalue weighted by Crippen LogP contribution is -2.43. The molecule has 0 spiro atoms. The molecule has 28 heavy (non-hydrogen) atoms. The summed E-state index contributed by atoms with van der Waals surface area (Å²) in [6, 6.07) is 0. The van der Waals surface area contributed by atoms with Crippen LogP contribution in [0.4, 0.5) is 0 Å². The standard InChI is InChI=1S/C25H46N2O/c1-19(2)17-21-9-15-27(16-10-21)25(28)24-7-5-22(6-8-24)18-26-13-11-23(12-14-26)20(3)4/h19-24H,5-18H2,1-4H3. The molecule has 162 valence electrons. The van der Waals surface area contributed by atoms with E-state index in [1.807, 2.05) is 0 Å². The first-order valence-corrected chi connectivity index (χ1v) is 12.4. The molecule has 3 aliphatic rings. The maximum Gasteiger partial charge on any atom is 0.225 e. The van der Waals surface area contributed by atoms with Crippen LogP contribution in [0.2, 0.25) is 0 Å². The van der Waals surface area contributed by atoms with Crippen molar-refractivity contribution < 1.29 is 4.79 Å². The van der Waals surface area contributed by atoms with E-state index in [2.05, 4.69) is 37.5 Å². The van der Waals surface area contributed by atoms with E-state index in [4.69, 9.17) is 0 Å². The topological polar surface area (TPSA) is 23.6 Å². The fourth-order valence-corrected chi connectivity index (χ4v) is 6.07. The third-order valence-electron chi connectivity index (χ3n) is 8.02. The molecule has 2 saturated heterocycles. The number of carbonyl (C=O) groups is 1. The zero-order chi connectivity index (χ0) is 20.1. The van der Waals surface area contributed by atoms with Crippen molar-refractivity contribution in [1.82, 2.24) is 9.80 Å². The van der Waals surface area contributed by atoms with Gasteiger partial charge in [-0.1, -0.05) is 27.7 Å². The van der Waals surface area contributed by atoms with Gasteiger partial charge in [-0.15, -0.1) is 0 Å². The Bertz CT molecular complexity index is 465. The lowest BCUT2D eigenvalue weighted by Gasteiger charge is -2.39. The first-order chi connectivity index (χ1) is 13.4. The third-order valence-corrected chi connectivity index (χ3v) is 8.02. The Morgan fingerprint density at radius 1 is 0.786 bits per heavy atom. The van der Waals surface area contributed by atoms with Gasteiger partial charge in [0.05, 0.1) is 0 Å². The highest BCUT2D eigenvalue weighted by Crippen LogP contribution is 2.33. The Balaban J connectivity index is 1.34. The minimum Gasteiger partial charge on any atom is -0.342 e. The molecule has 0 radical (unpaired) electrons. The van der Waals surface area contributed by atoms with Crippen molar-refractivity contribution in [2.45, 2.75) is 85.5 Å². The van der Waals surface area contributed by atoms with Crippen molar-refractivity contribution in [3.05, 3.63) is 0 Å². The zero-order valence-corrected chi connectivity index (χ0v) is 19.2. The van der Waals surface area contributed by atoms with Gasteiger partial charge in [0, 0.05) is 25.6 Å². The fraction of sp³-hybridized carbons (Fsp3) is 0.960. The van der Waals surface area contributed by atoms with Gasteiger partial charge in [0.25, 0.3) is 0 Å². The first-order valence-electron chi connectivity index (χ1n) is 12.4. The predicted octanol–water partition coefficient (Wildman–Crippen LogP) is 5.45. The number of hydrogen-bond donors (Lipinski definition) is 0. The monoisotopic (exact) mass is 390 g/mol. The number of carbonyl (C=O) groups excluding carboxylic acids is 1. The second-order valence-corrected chi connectivity index (χ2v) is 11.0. The van der Waals surface area contributed by atoms with Crippen LogP contribution in [0.3, 0.4) is 0 Å². The van der Waals surface area contributed by atoms with E-state index < -0.39 is 0 Å². The molecule has 3 rings (SSSR count). The summed E-state index contributed by atoms with van der Waals surface area (Å²) in [6.07, 6.45) is 11.4. The van der Waals surface area contributed by atoms with Crippen LogP contribution < -0.4 is 0 Å². The zero-order valence-electron chi connectivity index (χ0n) is 19.2. The quantitative estimate of drug-likeness (QED) is 0.602. The minimum absolute atomic E-state index is 0.324. The Morgan fingerprint density at radius 3 is 1.93 bits per heavy atom. The van der Waals surface area contributed by atoms with Gasteiger partial charge in [0.1, 0.15) is 0 Å². The normalized spacial score (nSPS) is 29.0. The van der Waals surface area contributed by atoms with Gasteiger partial charge >= 0.3 is 0 Å². The van der Waals surface area contributed by atoms with Gasteiger partial charge in [0.2, 0.25) is 5.91 Å². The van der Waals surface area contributed by atoms with Gasteiger partial charge < -0.3 is 9.80 Å². The van der Waals surface area contributed by atoms with Gasteiger partial charge in [-0.2, -0.15) is 0 Å². The van der Waals surface area contributed by atoms with Crippen molar-refractivity contribution in [2.24, 2.45) is 35.5 Å². The summed E-state index contributed by atoms with van der Waals surface area (Å²) >= 11 is 0. The molecular formula is C25H46N2O. The fourth-order valence-electron chi connectivity index (χ4n) is 6.07. The van der Waals surface area contributed by atoms with Crippen LogP contribution >= 0.6 is 0 Å². The molecule has 0 atom stereocenters. The molecule has 0 aromatic heterocycles. The lowest BCUT2D eigenvalue weighted by atomic mass is 9.80. The number of nitrogens with zero attached hydrogens (tertiary/aromatic N) is 2. The van der Waals surface area contributed by atoms with E-state index in [0.717, 1.165) is 55.5 Å². The van der Waals surface area contributed by atoms with E-state index >= 15 is 0 Å². The summed E-state index contributed by atoms with van der Waals surface area (Å²) in [7, 11) is 0. The summed E-state index contributed by atoms with van der Waals surface area (Å²) in [4.78, 5) is 17.9. The highest BCUT2D eigenvalue weighted by molar-refractivity contribution is 5.79. The lowest BCUT2D eigenvalue weighted by molar-refractivity contribution is -0.138. The summed E-state index contributed by atoms with van der Waals surface area (Å²) < 4.78 is 0. The Morgan fingerprint density at radius 2 is 1.39 bits per heavy atom. The number of likely N-dealkylation sites (tertiary alicyclic amines) is 2. The second kappa shape index (κ2) is 10.5. The third kappa shape index (κ3) is 6.21. The van der Waals surface area contributed by atoms with Crippen LogP contribution in [0.1, 0.15) is 85.5 Å². The second-order valence-electron chi connectivity index (χ2n) is 11.0. The molecule has 0 bridgehead atoms. The highest BCUT2D eigenvalue weighted by Gasteiger charge is 2.32. The SMILES string of the molecule is CC(C)CC1CCN(C(=O)C2CCC(CN3CCC(C(C)C)CC3)CC2)CC1. The van der Waals surface area contributed by atoms with Crippen LogP contribution in [-0.4, -0.2) is 48.4 Å². The number of hydrogen-bond acceptors (Lipinski definition) is 2. The van der Waals surface area contributed by atoms with Crippen molar-refractivity contribution >= 4 is 5.91 Å². The molecule has 0 unspecified atom stereocenters. The molecule has 1 aliphatic carbocycles. The molecule has 1 amide bonds. The highest BCUT2D eigenvalue weighted by atomic mass is 16.2. The minimum atomic E-state index is 0.324. The van der Waals surface area contributed by atoms with E-state index in [0.29, 0.717) is 11.8 Å². The Kier molecular flexibility index (Phi) is 8.26. The molecule has 3 nitrogen and oxygen atoms in total. The summed E-state index contributed by atoms with van der Waals surface area (Å²) in [5, 5.41) is 0. The van der Waals surface area contributed by atoms with Crippen LogP contribution in [0, 0.1) is 35.5 Å². The molecule has 3 fully saturated rings. The average Bonchev–Trinajstić information content (AvgIpc) is 2.68. The maximum absolute atomic E-state index is 13.0. The van der Waals surface area contributed by atoms with E-state index in [9.17, 15) is 4.79 Å².